The second-order valence-corrected chi connectivity index (χ2v) is 4.21. The third-order valence-corrected chi connectivity index (χ3v) is 2.92. The Morgan fingerprint density at radius 2 is 1.53 bits per heavy atom. The lowest BCUT2D eigenvalue weighted by atomic mass is 9.99. The Bertz CT molecular complexity index is 558. The third-order valence-electron chi connectivity index (χ3n) is 2.92. The zero-order valence-electron chi connectivity index (χ0n) is 11.7. The molecule has 0 spiro atoms. The van der Waals surface area contributed by atoms with Crippen molar-refractivity contribution in [2.45, 2.75) is 26.9 Å². The summed E-state index contributed by atoms with van der Waals surface area (Å²) in [6.45, 7) is 6.07. The number of hydrogen-bond acceptors (Lipinski definition) is 2. The molecule has 0 bridgehead atoms. The van der Waals surface area contributed by atoms with E-state index in [1.165, 1.54) is 11.1 Å². The van der Waals surface area contributed by atoms with Gasteiger partial charge in [0.2, 0.25) is 0 Å². The second-order valence-electron chi connectivity index (χ2n) is 4.21. The lowest BCUT2D eigenvalue weighted by Crippen LogP contribution is -2.23. The number of aliphatic imine (C=N–C) groups is 1. The molecule has 3 rings (SSSR count). The molecule has 1 unspecified atom stereocenters. The Labute approximate surface area is 115 Å². The number of anilines is 1. The third kappa shape index (κ3) is 2.84. The van der Waals surface area contributed by atoms with E-state index in [0.717, 1.165) is 11.4 Å². The van der Waals surface area contributed by atoms with E-state index in [2.05, 4.69) is 42.6 Å². The van der Waals surface area contributed by atoms with Crippen molar-refractivity contribution in [2.75, 3.05) is 5.32 Å². The highest BCUT2D eigenvalue weighted by molar-refractivity contribution is 6.16. The number of hydrogen-bond donors (Lipinski definition) is 1. The summed E-state index contributed by atoms with van der Waals surface area (Å²) in [6, 6.07) is 18.6. The van der Waals surface area contributed by atoms with Crippen molar-refractivity contribution in [3.05, 3.63) is 65.7 Å². The first-order valence-corrected chi connectivity index (χ1v) is 6.84. The summed E-state index contributed by atoms with van der Waals surface area (Å²) in [5.74, 6) is 0. The standard InChI is InChI=1S/C15H14N2.C2H6/c1-11-16-14-10-6-5-9-13(14)15(17-11)12-7-3-2-4-8-12;1-2/h2-11,16H,1H3;1-2H3. The van der Waals surface area contributed by atoms with Gasteiger partial charge in [0.1, 0.15) is 6.17 Å². The zero-order valence-corrected chi connectivity index (χ0v) is 11.7. The van der Waals surface area contributed by atoms with Crippen LogP contribution in [0.4, 0.5) is 5.69 Å². The number of nitrogens with zero attached hydrogens (tertiary/aromatic N) is 1. The van der Waals surface area contributed by atoms with Crippen molar-refractivity contribution in [3.8, 4) is 0 Å². The molecular formula is C17H20N2. The molecule has 98 valence electrons. The van der Waals surface area contributed by atoms with E-state index in [0.29, 0.717) is 0 Å². The van der Waals surface area contributed by atoms with Gasteiger partial charge in [-0.3, -0.25) is 4.99 Å². The highest BCUT2D eigenvalue weighted by Crippen LogP contribution is 2.25. The Morgan fingerprint density at radius 1 is 0.895 bits per heavy atom. The minimum atomic E-state index is 0.125. The van der Waals surface area contributed by atoms with Crippen molar-refractivity contribution in [2.24, 2.45) is 4.99 Å². The van der Waals surface area contributed by atoms with Crippen LogP contribution in [0.2, 0.25) is 0 Å². The Kier molecular flexibility index (Phi) is 4.35. The molecule has 2 aromatic carbocycles. The monoisotopic (exact) mass is 252 g/mol. The Balaban J connectivity index is 0.000000637. The van der Waals surface area contributed by atoms with Gasteiger partial charge in [-0.2, -0.15) is 0 Å². The van der Waals surface area contributed by atoms with E-state index >= 15 is 0 Å². The average Bonchev–Trinajstić information content (AvgIpc) is 2.49. The number of benzene rings is 2. The van der Waals surface area contributed by atoms with E-state index in [-0.39, 0.29) is 6.17 Å². The first-order valence-electron chi connectivity index (χ1n) is 6.84. The number of fused-ring (bicyclic) bond motifs is 1. The highest BCUT2D eigenvalue weighted by Gasteiger charge is 2.17. The summed E-state index contributed by atoms with van der Waals surface area (Å²) in [6.07, 6.45) is 0.125. The van der Waals surface area contributed by atoms with Crippen molar-refractivity contribution in [3.63, 3.8) is 0 Å². The molecule has 1 heterocycles. The molecule has 0 saturated carbocycles. The molecule has 1 N–H and O–H groups in total. The maximum Gasteiger partial charge on any atom is 0.116 e. The average molecular weight is 252 g/mol. The molecule has 0 fully saturated rings. The van der Waals surface area contributed by atoms with Gasteiger partial charge in [-0.1, -0.05) is 62.4 Å². The van der Waals surface area contributed by atoms with E-state index in [9.17, 15) is 0 Å². The molecule has 0 radical (unpaired) electrons. The van der Waals surface area contributed by atoms with Crippen LogP contribution in [-0.2, 0) is 0 Å². The van der Waals surface area contributed by atoms with Crippen LogP contribution < -0.4 is 5.32 Å². The van der Waals surface area contributed by atoms with Crippen LogP contribution >= 0.6 is 0 Å². The lowest BCUT2D eigenvalue weighted by Gasteiger charge is -2.23. The fourth-order valence-electron chi connectivity index (χ4n) is 2.16. The minimum Gasteiger partial charge on any atom is -0.363 e. The summed E-state index contributed by atoms with van der Waals surface area (Å²) >= 11 is 0. The molecule has 1 atom stereocenters. The van der Waals surface area contributed by atoms with E-state index in [1.54, 1.807) is 0 Å². The predicted octanol–water partition coefficient (Wildman–Crippen LogP) is 4.32. The van der Waals surface area contributed by atoms with Crippen LogP contribution in [0, 0.1) is 0 Å². The van der Waals surface area contributed by atoms with Gasteiger partial charge in [-0.05, 0) is 13.0 Å². The van der Waals surface area contributed by atoms with Gasteiger partial charge < -0.3 is 5.32 Å². The van der Waals surface area contributed by atoms with Gasteiger partial charge >= 0.3 is 0 Å². The van der Waals surface area contributed by atoms with Gasteiger partial charge in [0.25, 0.3) is 0 Å². The summed E-state index contributed by atoms with van der Waals surface area (Å²) in [7, 11) is 0. The van der Waals surface area contributed by atoms with Gasteiger partial charge in [0, 0.05) is 16.8 Å². The van der Waals surface area contributed by atoms with E-state index in [4.69, 9.17) is 4.99 Å². The van der Waals surface area contributed by atoms with Crippen LogP contribution in [0.15, 0.2) is 59.6 Å². The fraction of sp³-hybridized carbons (Fsp3) is 0.235. The summed E-state index contributed by atoms with van der Waals surface area (Å²) < 4.78 is 0. The van der Waals surface area contributed by atoms with Crippen LogP contribution in [-0.4, -0.2) is 11.9 Å². The van der Waals surface area contributed by atoms with Crippen LogP contribution in [0.1, 0.15) is 31.9 Å². The maximum atomic E-state index is 4.70. The zero-order chi connectivity index (χ0) is 13.7. The second kappa shape index (κ2) is 6.19. The molecule has 19 heavy (non-hydrogen) atoms. The molecule has 0 saturated heterocycles. The van der Waals surface area contributed by atoms with Crippen molar-refractivity contribution in [1.82, 2.24) is 0 Å². The number of para-hydroxylation sites is 1. The maximum absolute atomic E-state index is 4.70. The van der Waals surface area contributed by atoms with Crippen molar-refractivity contribution in [1.29, 1.82) is 0 Å². The van der Waals surface area contributed by atoms with Crippen LogP contribution in [0.3, 0.4) is 0 Å². The fourth-order valence-corrected chi connectivity index (χ4v) is 2.16. The summed E-state index contributed by atoms with van der Waals surface area (Å²) in [5.41, 5.74) is 4.59. The molecule has 1 aliphatic rings. The molecule has 0 amide bonds. The molecule has 0 aromatic heterocycles. The topological polar surface area (TPSA) is 24.4 Å². The molecule has 1 aliphatic heterocycles. The SMILES string of the molecule is CC.CC1N=C(c2ccccc2)c2ccccc2N1. The van der Waals surface area contributed by atoms with Crippen LogP contribution in [0.25, 0.3) is 0 Å². The summed E-state index contributed by atoms with van der Waals surface area (Å²) in [5, 5.41) is 3.37. The molecule has 2 heteroatoms. The molecule has 2 nitrogen and oxygen atoms in total. The van der Waals surface area contributed by atoms with Gasteiger partial charge in [-0.25, -0.2) is 0 Å². The lowest BCUT2D eigenvalue weighted by molar-refractivity contribution is 0.843. The minimum absolute atomic E-state index is 0.125. The number of nitrogens with one attached hydrogen (secondary N) is 1. The molecule has 2 aromatic rings. The highest BCUT2D eigenvalue weighted by atomic mass is 15.1. The van der Waals surface area contributed by atoms with Crippen LogP contribution in [0.5, 0.6) is 0 Å². The van der Waals surface area contributed by atoms with Gasteiger partial charge in [-0.15, -0.1) is 0 Å². The van der Waals surface area contributed by atoms with E-state index < -0.39 is 0 Å². The Morgan fingerprint density at radius 3 is 2.26 bits per heavy atom. The van der Waals surface area contributed by atoms with Crippen molar-refractivity contribution >= 4 is 11.4 Å². The first kappa shape index (κ1) is 13.3. The smallest absolute Gasteiger partial charge is 0.116 e. The quantitative estimate of drug-likeness (QED) is 0.803. The normalized spacial score (nSPS) is 16.4. The van der Waals surface area contributed by atoms with Crippen molar-refractivity contribution < 1.29 is 0 Å². The summed E-state index contributed by atoms with van der Waals surface area (Å²) in [4.78, 5) is 4.70. The Hall–Kier alpha value is -2.09. The predicted molar refractivity (Wildman–Crippen MR) is 83.0 cm³/mol. The largest absolute Gasteiger partial charge is 0.363 e. The first-order chi connectivity index (χ1) is 9.34. The van der Waals surface area contributed by atoms with Gasteiger partial charge in [0.15, 0.2) is 0 Å². The van der Waals surface area contributed by atoms with E-state index in [1.807, 2.05) is 38.1 Å². The number of rotatable bonds is 1. The molecule has 0 aliphatic carbocycles. The molecular weight excluding hydrogens is 232 g/mol. The van der Waals surface area contributed by atoms with Gasteiger partial charge in [0.05, 0.1) is 5.71 Å².